The van der Waals surface area contributed by atoms with Crippen LogP contribution in [-0.2, 0) is 0 Å². The maximum Gasteiger partial charge on any atom is 0.150 e. The Balaban J connectivity index is 2.60. The van der Waals surface area contributed by atoms with E-state index in [0.29, 0.717) is 22.5 Å². The molecule has 0 saturated heterocycles. The molecule has 0 fully saturated rings. The van der Waals surface area contributed by atoms with Gasteiger partial charge in [-0.15, -0.1) is 0 Å². The molecular formula is C14H12N2O2. The lowest BCUT2D eigenvalue weighted by molar-refractivity contribution is 0.111. The zero-order valence-electron chi connectivity index (χ0n) is 10.2. The van der Waals surface area contributed by atoms with E-state index in [2.05, 4.69) is 9.97 Å². The zero-order chi connectivity index (χ0) is 13.1. The molecule has 4 heteroatoms. The molecule has 0 saturated carbocycles. The first kappa shape index (κ1) is 12.1. The summed E-state index contributed by atoms with van der Waals surface area (Å²) in [6.45, 7) is 3.62. The Morgan fingerprint density at radius 3 is 1.50 bits per heavy atom. The zero-order valence-corrected chi connectivity index (χ0v) is 10.2. The molecule has 0 radical (unpaired) electrons. The number of carbonyl (C=O) groups excluding carboxylic acids is 2. The van der Waals surface area contributed by atoms with Crippen LogP contribution in [0.2, 0.25) is 0 Å². The number of carbonyl (C=O) groups is 2. The summed E-state index contributed by atoms with van der Waals surface area (Å²) in [6, 6.07) is 6.73. The van der Waals surface area contributed by atoms with Gasteiger partial charge in [-0.2, -0.15) is 0 Å². The van der Waals surface area contributed by atoms with Gasteiger partial charge in [-0.3, -0.25) is 19.6 Å². The van der Waals surface area contributed by atoms with Crippen molar-refractivity contribution in [1.29, 1.82) is 0 Å². The van der Waals surface area contributed by atoms with Crippen LogP contribution in [0.15, 0.2) is 24.3 Å². The summed E-state index contributed by atoms with van der Waals surface area (Å²) in [5.74, 6) is 0. The summed E-state index contributed by atoms with van der Waals surface area (Å²) < 4.78 is 0. The van der Waals surface area contributed by atoms with Crippen molar-refractivity contribution < 1.29 is 9.59 Å². The van der Waals surface area contributed by atoms with Gasteiger partial charge in [0.05, 0.1) is 11.4 Å². The van der Waals surface area contributed by atoms with Crippen LogP contribution in [0.25, 0.3) is 11.4 Å². The maximum atomic E-state index is 10.8. The minimum absolute atomic E-state index is 0.549. The molecule has 0 spiro atoms. The van der Waals surface area contributed by atoms with Crippen molar-refractivity contribution in [3.8, 4) is 11.4 Å². The predicted octanol–water partition coefficient (Wildman–Crippen LogP) is 2.39. The second-order valence-corrected chi connectivity index (χ2v) is 4.09. The fraction of sp³-hybridized carbons (Fsp3) is 0.143. The fourth-order valence-electron chi connectivity index (χ4n) is 1.79. The van der Waals surface area contributed by atoms with Crippen molar-refractivity contribution in [2.75, 3.05) is 0 Å². The second kappa shape index (κ2) is 4.87. The van der Waals surface area contributed by atoms with Gasteiger partial charge in [-0.1, -0.05) is 0 Å². The lowest BCUT2D eigenvalue weighted by Gasteiger charge is -2.05. The Morgan fingerprint density at radius 1 is 0.778 bits per heavy atom. The normalized spacial score (nSPS) is 10.1. The smallest absolute Gasteiger partial charge is 0.150 e. The van der Waals surface area contributed by atoms with E-state index >= 15 is 0 Å². The lowest BCUT2D eigenvalue weighted by Crippen LogP contribution is -1.96. The molecule has 2 aromatic rings. The van der Waals surface area contributed by atoms with E-state index in [0.717, 1.165) is 24.0 Å². The van der Waals surface area contributed by atoms with Crippen LogP contribution in [0.4, 0.5) is 0 Å². The van der Waals surface area contributed by atoms with E-state index in [1.165, 1.54) is 0 Å². The van der Waals surface area contributed by atoms with Gasteiger partial charge < -0.3 is 0 Å². The summed E-state index contributed by atoms with van der Waals surface area (Å²) >= 11 is 0. The number of aryl methyl sites for hydroxylation is 2. The minimum atomic E-state index is 0.549. The van der Waals surface area contributed by atoms with Crippen molar-refractivity contribution in [3.05, 3.63) is 46.8 Å². The van der Waals surface area contributed by atoms with Crippen LogP contribution < -0.4 is 0 Å². The first-order valence-corrected chi connectivity index (χ1v) is 5.50. The van der Waals surface area contributed by atoms with Gasteiger partial charge in [0.2, 0.25) is 0 Å². The summed E-state index contributed by atoms with van der Waals surface area (Å²) in [5, 5.41) is 0. The summed E-state index contributed by atoms with van der Waals surface area (Å²) in [7, 11) is 0. The van der Waals surface area contributed by atoms with Crippen LogP contribution in [0.5, 0.6) is 0 Å². The molecule has 0 aliphatic heterocycles. The quantitative estimate of drug-likeness (QED) is 0.773. The molecule has 2 heterocycles. The van der Waals surface area contributed by atoms with E-state index in [9.17, 15) is 9.59 Å². The molecule has 0 aliphatic rings. The number of nitrogens with zero attached hydrogens (tertiary/aromatic N) is 2. The molecule has 0 bridgehead atoms. The molecule has 90 valence electrons. The molecule has 4 nitrogen and oxygen atoms in total. The van der Waals surface area contributed by atoms with Crippen molar-refractivity contribution in [3.63, 3.8) is 0 Å². The van der Waals surface area contributed by atoms with Crippen molar-refractivity contribution in [1.82, 2.24) is 9.97 Å². The number of rotatable bonds is 3. The van der Waals surface area contributed by atoms with Gasteiger partial charge in [-0.05, 0) is 38.1 Å². The topological polar surface area (TPSA) is 59.9 Å². The van der Waals surface area contributed by atoms with E-state index in [4.69, 9.17) is 0 Å². The minimum Gasteiger partial charge on any atom is -0.298 e. The monoisotopic (exact) mass is 240 g/mol. The molecule has 0 aliphatic carbocycles. The molecule has 2 aromatic heterocycles. The molecule has 0 unspecified atom stereocenters. The number of hydrogen-bond acceptors (Lipinski definition) is 4. The van der Waals surface area contributed by atoms with E-state index in [-0.39, 0.29) is 0 Å². The molecule has 18 heavy (non-hydrogen) atoms. The number of aromatic nitrogens is 2. The standard InChI is InChI=1S/C14H12N2O2/c1-9-3-11(7-17)5-13(15-9)14-6-12(8-18)4-10(2)16-14/h3-8H,1-2H3. The Morgan fingerprint density at radius 2 is 1.17 bits per heavy atom. The maximum absolute atomic E-state index is 10.8. The van der Waals surface area contributed by atoms with Crippen LogP contribution in [0.1, 0.15) is 32.1 Å². The molecule has 0 N–H and O–H groups in total. The van der Waals surface area contributed by atoms with Crippen LogP contribution >= 0.6 is 0 Å². The predicted molar refractivity (Wildman–Crippen MR) is 67.7 cm³/mol. The van der Waals surface area contributed by atoms with E-state index in [1.807, 2.05) is 13.8 Å². The number of pyridine rings is 2. The third-order valence-corrected chi connectivity index (χ3v) is 2.49. The Hall–Kier alpha value is -2.36. The van der Waals surface area contributed by atoms with Crippen LogP contribution in [0.3, 0.4) is 0 Å². The average molecular weight is 240 g/mol. The largest absolute Gasteiger partial charge is 0.298 e. The molecular weight excluding hydrogens is 228 g/mol. The van der Waals surface area contributed by atoms with Gasteiger partial charge >= 0.3 is 0 Å². The molecule has 2 rings (SSSR count). The van der Waals surface area contributed by atoms with Gasteiger partial charge in [0.15, 0.2) is 0 Å². The van der Waals surface area contributed by atoms with Crippen LogP contribution in [0, 0.1) is 13.8 Å². The summed E-state index contributed by atoms with van der Waals surface area (Å²) in [5.41, 5.74) is 3.78. The summed E-state index contributed by atoms with van der Waals surface area (Å²) in [6.07, 6.45) is 1.54. The summed E-state index contributed by atoms with van der Waals surface area (Å²) in [4.78, 5) is 30.3. The van der Waals surface area contributed by atoms with Gasteiger partial charge in [0, 0.05) is 22.5 Å². The first-order chi connectivity index (χ1) is 8.62. The Labute approximate surface area is 105 Å². The molecule has 0 amide bonds. The third-order valence-electron chi connectivity index (χ3n) is 2.49. The van der Waals surface area contributed by atoms with E-state index in [1.54, 1.807) is 24.3 Å². The Bertz CT molecular complexity index is 566. The SMILES string of the molecule is Cc1cc(C=O)cc(-c2cc(C=O)cc(C)n2)n1. The first-order valence-electron chi connectivity index (χ1n) is 5.50. The van der Waals surface area contributed by atoms with Crippen molar-refractivity contribution >= 4 is 12.6 Å². The number of aldehydes is 2. The van der Waals surface area contributed by atoms with Crippen molar-refractivity contribution in [2.45, 2.75) is 13.8 Å². The van der Waals surface area contributed by atoms with Crippen molar-refractivity contribution in [2.24, 2.45) is 0 Å². The molecule has 0 atom stereocenters. The highest BCUT2D eigenvalue weighted by molar-refractivity contribution is 5.80. The van der Waals surface area contributed by atoms with Gasteiger partial charge in [-0.25, -0.2) is 0 Å². The van der Waals surface area contributed by atoms with Gasteiger partial charge in [0.1, 0.15) is 12.6 Å². The highest BCUT2D eigenvalue weighted by Crippen LogP contribution is 2.18. The molecule has 0 aromatic carbocycles. The third kappa shape index (κ3) is 2.48. The van der Waals surface area contributed by atoms with Crippen LogP contribution in [-0.4, -0.2) is 22.5 Å². The van der Waals surface area contributed by atoms with E-state index < -0.39 is 0 Å². The van der Waals surface area contributed by atoms with Gasteiger partial charge in [0.25, 0.3) is 0 Å². The lowest BCUT2D eigenvalue weighted by atomic mass is 10.1. The highest BCUT2D eigenvalue weighted by Gasteiger charge is 2.06. The Kier molecular flexibility index (Phi) is 3.28. The number of hydrogen-bond donors (Lipinski definition) is 0. The fourth-order valence-corrected chi connectivity index (χ4v) is 1.79. The average Bonchev–Trinajstić information content (AvgIpc) is 2.37. The highest BCUT2D eigenvalue weighted by atomic mass is 16.1. The second-order valence-electron chi connectivity index (χ2n) is 4.09.